The topological polar surface area (TPSA) is 14.8 Å². The van der Waals surface area contributed by atoms with E-state index in [1.807, 2.05) is 0 Å². The maximum absolute atomic E-state index is 3.22. The highest BCUT2D eigenvalue weighted by atomic mass is 28.3. The predicted molar refractivity (Wildman–Crippen MR) is 382 cm³/mol. The molecule has 0 atom stereocenters. The number of fused-ring (bicyclic) bond motifs is 9. The van der Waals surface area contributed by atoms with Gasteiger partial charge in [-0.05, 0) is 119 Å². The van der Waals surface area contributed by atoms with E-state index in [2.05, 4.69) is 372 Å². The molecule has 14 aromatic carbocycles. The molecule has 418 valence electrons. The summed E-state index contributed by atoms with van der Waals surface area (Å²) in [4.78, 5) is 0. The molecule has 3 aromatic heterocycles. The van der Waals surface area contributed by atoms with E-state index in [-0.39, 0.29) is 0 Å². The van der Waals surface area contributed by atoms with E-state index in [0.29, 0.717) is 0 Å². The number of hydrogen-bond donors (Lipinski definition) is 0. The van der Waals surface area contributed by atoms with Gasteiger partial charge in [-0.25, -0.2) is 0 Å². The van der Waals surface area contributed by atoms with Gasteiger partial charge in [-0.15, -0.1) is 0 Å². The molecule has 0 N–H and O–H groups in total. The van der Waals surface area contributed by atoms with Crippen LogP contribution in [0.4, 0.5) is 0 Å². The molecule has 0 unspecified atom stereocenters. The Hall–Kier alpha value is -11.1. The zero-order chi connectivity index (χ0) is 58.9. The van der Waals surface area contributed by atoms with Crippen LogP contribution < -0.4 is 41.5 Å². The van der Waals surface area contributed by atoms with E-state index in [1.165, 1.54) is 107 Å². The molecule has 17 rings (SSSR count). The number of rotatable bonds is 12. The third kappa shape index (κ3) is 8.10. The van der Waals surface area contributed by atoms with Crippen LogP contribution in [-0.4, -0.2) is 29.8 Å². The van der Waals surface area contributed by atoms with E-state index in [0.717, 1.165) is 28.1 Å². The first-order chi connectivity index (χ1) is 44.2. The van der Waals surface area contributed by atoms with Crippen molar-refractivity contribution in [3.63, 3.8) is 0 Å². The Morgan fingerprint density at radius 3 is 1.11 bits per heavy atom. The van der Waals surface area contributed by atoms with Gasteiger partial charge in [-0.1, -0.05) is 291 Å². The van der Waals surface area contributed by atoms with Crippen LogP contribution in [0, 0.1) is 0 Å². The molecular weight excluding hydrogens is 1110 g/mol. The fourth-order valence-corrected chi connectivity index (χ4v) is 25.1. The zero-order valence-electron chi connectivity index (χ0n) is 48.9. The Balaban J connectivity index is 0.885. The Morgan fingerprint density at radius 1 is 0.191 bits per heavy atom. The molecule has 0 spiro atoms. The molecule has 3 heterocycles. The Labute approximate surface area is 519 Å². The van der Waals surface area contributed by atoms with Gasteiger partial charge >= 0.3 is 0 Å². The lowest BCUT2D eigenvalue weighted by atomic mass is 10.1. The van der Waals surface area contributed by atoms with Crippen molar-refractivity contribution >= 4 is 123 Å². The minimum Gasteiger partial charge on any atom is -0.309 e. The van der Waals surface area contributed by atoms with Gasteiger partial charge in [-0.2, -0.15) is 0 Å². The van der Waals surface area contributed by atoms with Crippen molar-refractivity contribution in [1.29, 1.82) is 0 Å². The molecule has 17 aromatic rings. The quantitative estimate of drug-likeness (QED) is 0.0855. The molecule has 0 radical (unpaired) electrons. The molecule has 0 saturated carbocycles. The highest BCUT2D eigenvalue weighted by Gasteiger charge is 2.44. The van der Waals surface area contributed by atoms with Gasteiger partial charge in [0.15, 0.2) is 16.1 Å². The Bertz CT molecular complexity index is 5350. The van der Waals surface area contributed by atoms with Gasteiger partial charge in [-0.3, -0.25) is 0 Å². The van der Waals surface area contributed by atoms with Crippen molar-refractivity contribution in [1.82, 2.24) is 13.7 Å². The summed E-state index contributed by atoms with van der Waals surface area (Å²) >= 11 is 0. The van der Waals surface area contributed by atoms with Crippen molar-refractivity contribution in [2.24, 2.45) is 0 Å². The smallest absolute Gasteiger partial charge is 0.180 e. The summed E-state index contributed by atoms with van der Waals surface area (Å²) in [6.07, 6.45) is 0. The highest BCUT2D eigenvalue weighted by molar-refractivity contribution is 7.21. The van der Waals surface area contributed by atoms with Crippen LogP contribution in [0.1, 0.15) is 0 Å². The predicted octanol–water partition coefficient (Wildman–Crippen LogP) is 15.4. The first-order valence-corrected chi connectivity index (χ1v) is 34.8. The van der Waals surface area contributed by atoms with Crippen molar-refractivity contribution < 1.29 is 0 Å². The van der Waals surface area contributed by atoms with Crippen LogP contribution in [-0.2, 0) is 0 Å². The van der Waals surface area contributed by atoms with Crippen molar-refractivity contribution in [2.75, 3.05) is 0 Å². The largest absolute Gasteiger partial charge is 0.309 e. The lowest BCUT2D eigenvalue weighted by Crippen LogP contribution is -2.74. The maximum Gasteiger partial charge on any atom is 0.180 e. The van der Waals surface area contributed by atoms with Crippen molar-refractivity contribution in [2.45, 2.75) is 0 Å². The molecule has 89 heavy (non-hydrogen) atoms. The van der Waals surface area contributed by atoms with Gasteiger partial charge in [0.25, 0.3) is 0 Å². The SMILES string of the molecule is c1ccc(-c2cccc([Si](c3ccccc3)(c3ccccc3)c3ccc(-n4c5ccccc5c5c(-n6c7ccccc7c7c([Si](c8ccccc8)(c8ccccc8)c8cccc(-n9c%10ccccc%10c%10ccccc%109)c8)cccc76)cccc54)cc3)c2)cc1. The second kappa shape index (κ2) is 21.4. The number of aromatic nitrogens is 3. The van der Waals surface area contributed by atoms with Crippen LogP contribution in [0.3, 0.4) is 0 Å². The third-order valence-corrected chi connectivity index (χ3v) is 28.5. The standard InChI is InChI=1S/C84H59N3Si2/c1-6-28-60(29-7-1)61-30-24-40-69(58-61)88(64-32-8-2-9-33-64,65-34-10-3-11-35-65)68-56-54-62(55-57-68)85-77-48-22-18-44-73(77)83-79(85)50-26-51-80(83)87-78-49-23-19-45-74(78)84-81(87)52-27-53-82(84)89(66-36-12-4-13-37-66,67-38-14-5-15-39-67)70-41-25-31-63(59-70)86-75-46-20-16-42-71(75)72-43-17-21-47-76(72)86/h1-59H. The van der Waals surface area contributed by atoms with E-state index in [4.69, 9.17) is 0 Å². The van der Waals surface area contributed by atoms with Gasteiger partial charge in [0, 0.05) is 43.7 Å². The van der Waals surface area contributed by atoms with Crippen LogP contribution in [0.25, 0.3) is 93.6 Å². The first kappa shape index (κ1) is 52.3. The number of benzene rings is 14. The normalized spacial score (nSPS) is 12.0. The van der Waals surface area contributed by atoms with Gasteiger partial charge in [0.1, 0.15) is 0 Å². The summed E-state index contributed by atoms with van der Waals surface area (Å²) < 4.78 is 7.54. The zero-order valence-corrected chi connectivity index (χ0v) is 50.9. The minimum absolute atomic E-state index is 1.12. The van der Waals surface area contributed by atoms with Crippen molar-refractivity contribution in [3.8, 4) is 28.2 Å². The van der Waals surface area contributed by atoms with E-state index >= 15 is 0 Å². The first-order valence-electron chi connectivity index (χ1n) is 30.8. The molecule has 0 fully saturated rings. The molecule has 0 saturated heterocycles. The summed E-state index contributed by atoms with van der Waals surface area (Å²) in [5, 5.41) is 18.1. The molecule has 0 amide bonds. The van der Waals surface area contributed by atoms with E-state index < -0.39 is 16.1 Å². The van der Waals surface area contributed by atoms with Gasteiger partial charge in [0.05, 0.1) is 38.8 Å². The fourth-order valence-electron chi connectivity index (χ4n) is 15.3. The molecule has 0 aliphatic rings. The number of nitrogens with zero attached hydrogens (tertiary/aromatic N) is 3. The average Bonchev–Trinajstić information content (AvgIpc) is 1.74. The second-order valence-corrected chi connectivity index (χ2v) is 31.0. The minimum atomic E-state index is -3.22. The summed E-state index contributed by atoms with van der Waals surface area (Å²) in [5.41, 5.74) is 12.9. The highest BCUT2D eigenvalue weighted by Crippen LogP contribution is 2.41. The van der Waals surface area contributed by atoms with E-state index in [9.17, 15) is 0 Å². The molecule has 3 nitrogen and oxygen atoms in total. The van der Waals surface area contributed by atoms with Crippen LogP contribution in [0.2, 0.25) is 0 Å². The van der Waals surface area contributed by atoms with Crippen LogP contribution in [0.15, 0.2) is 358 Å². The van der Waals surface area contributed by atoms with Crippen LogP contribution in [0.5, 0.6) is 0 Å². The summed E-state index contributed by atoms with van der Waals surface area (Å²) in [7, 11) is -6.12. The Kier molecular flexibility index (Phi) is 12.6. The summed E-state index contributed by atoms with van der Waals surface area (Å²) in [6, 6.07) is 135. The lowest BCUT2D eigenvalue weighted by Gasteiger charge is -2.35. The van der Waals surface area contributed by atoms with Gasteiger partial charge < -0.3 is 13.7 Å². The summed E-state index contributed by atoms with van der Waals surface area (Å²) in [5.74, 6) is 0. The molecule has 0 bridgehead atoms. The average molecular weight is 1170 g/mol. The van der Waals surface area contributed by atoms with Crippen LogP contribution >= 0.6 is 0 Å². The molecule has 0 aliphatic heterocycles. The third-order valence-electron chi connectivity index (χ3n) is 18.9. The summed E-state index contributed by atoms with van der Waals surface area (Å²) in [6.45, 7) is 0. The second-order valence-electron chi connectivity index (χ2n) is 23.5. The number of hydrogen-bond acceptors (Lipinski definition) is 0. The van der Waals surface area contributed by atoms with E-state index in [1.54, 1.807) is 0 Å². The monoisotopic (exact) mass is 1170 g/mol. The van der Waals surface area contributed by atoms with Crippen molar-refractivity contribution in [3.05, 3.63) is 358 Å². The maximum atomic E-state index is 2.57. The molecular formula is C84H59N3Si2. The fraction of sp³-hybridized carbons (Fsp3) is 0. The van der Waals surface area contributed by atoms with Gasteiger partial charge in [0.2, 0.25) is 0 Å². The molecule has 0 aliphatic carbocycles. The number of para-hydroxylation sites is 4. The Morgan fingerprint density at radius 2 is 0.551 bits per heavy atom. The molecule has 5 heteroatoms. The lowest BCUT2D eigenvalue weighted by molar-refractivity contribution is 1.17.